The Morgan fingerprint density at radius 3 is 3.09 bits per heavy atom. The van der Waals surface area contributed by atoms with E-state index in [-0.39, 0.29) is 18.0 Å². The predicted octanol–water partition coefficient (Wildman–Crippen LogP) is 0.765. The topological polar surface area (TPSA) is 44.9 Å². The van der Waals surface area contributed by atoms with E-state index in [0.717, 1.165) is 18.7 Å². The number of hydrogen-bond donors (Lipinski definition) is 2. The van der Waals surface area contributed by atoms with Crippen molar-refractivity contribution in [1.29, 1.82) is 0 Å². The van der Waals surface area contributed by atoms with Gasteiger partial charge in [0, 0.05) is 24.5 Å². The van der Waals surface area contributed by atoms with Crippen molar-refractivity contribution in [2.45, 2.75) is 6.42 Å². The molecule has 0 spiro atoms. The van der Waals surface area contributed by atoms with E-state index in [1.165, 1.54) is 5.56 Å². The normalized spacial score (nSPS) is 13.1. The van der Waals surface area contributed by atoms with Crippen molar-refractivity contribution in [3.05, 3.63) is 28.2 Å². The van der Waals surface area contributed by atoms with Gasteiger partial charge in [-0.1, -0.05) is 0 Å². The lowest BCUT2D eigenvalue weighted by Crippen LogP contribution is -2.03. The highest BCUT2D eigenvalue weighted by Crippen LogP contribution is 2.17. The molecule has 0 amide bonds. The monoisotopic (exact) mass is 172 g/mol. The minimum absolute atomic E-state index is 0. The van der Waals surface area contributed by atoms with Crippen molar-refractivity contribution < 1.29 is 0 Å². The van der Waals surface area contributed by atoms with Gasteiger partial charge in [-0.05, 0) is 12.0 Å². The van der Waals surface area contributed by atoms with Crippen LogP contribution in [0.1, 0.15) is 5.56 Å². The molecule has 60 valence electrons. The fraction of sp³-hybridized carbons (Fsp3) is 0.286. The molecule has 1 aliphatic heterocycles. The second kappa shape index (κ2) is 2.96. The van der Waals surface area contributed by atoms with E-state index in [0.29, 0.717) is 0 Å². The molecule has 2 rings (SSSR count). The first-order valence-electron chi connectivity index (χ1n) is 3.32. The highest BCUT2D eigenvalue weighted by molar-refractivity contribution is 5.85. The van der Waals surface area contributed by atoms with Crippen LogP contribution in [0.3, 0.4) is 0 Å². The Morgan fingerprint density at radius 2 is 2.27 bits per heavy atom. The molecule has 2 heterocycles. The molecule has 1 aromatic rings. The molecular formula is C7H9ClN2O. The van der Waals surface area contributed by atoms with Crippen molar-refractivity contribution in [2.24, 2.45) is 0 Å². The second-order valence-corrected chi connectivity index (χ2v) is 2.41. The highest BCUT2D eigenvalue weighted by Gasteiger charge is 2.08. The van der Waals surface area contributed by atoms with Crippen LogP contribution in [0.15, 0.2) is 17.1 Å². The summed E-state index contributed by atoms with van der Waals surface area (Å²) in [6.45, 7) is 0.951. The Kier molecular flexibility index (Phi) is 2.19. The van der Waals surface area contributed by atoms with Crippen LogP contribution in [-0.4, -0.2) is 11.5 Å². The summed E-state index contributed by atoms with van der Waals surface area (Å²) in [6.07, 6.45) is 2.80. The number of rotatable bonds is 0. The molecular weight excluding hydrogens is 164 g/mol. The van der Waals surface area contributed by atoms with Crippen molar-refractivity contribution in [1.82, 2.24) is 4.98 Å². The summed E-state index contributed by atoms with van der Waals surface area (Å²) in [5, 5.41) is 3.12. The maximum Gasteiger partial charge on any atom is 0.249 e. The number of aromatic nitrogens is 1. The van der Waals surface area contributed by atoms with Crippen LogP contribution in [0.4, 0.5) is 5.69 Å². The van der Waals surface area contributed by atoms with Gasteiger partial charge in [-0.3, -0.25) is 4.79 Å². The number of anilines is 1. The number of H-pyrrole nitrogens is 1. The average molecular weight is 173 g/mol. The molecule has 11 heavy (non-hydrogen) atoms. The molecule has 0 atom stereocenters. The number of fused-ring (bicyclic) bond motifs is 1. The SMILES string of the molecule is Cl.O=c1cc2c(c[nH]1)CCN2. The Balaban J connectivity index is 0.000000605. The Hall–Kier alpha value is -0.960. The maximum atomic E-state index is 10.7. The summed E-state index contributed by atoms with van der Waals surface area (Å²) in [7, 11) is 0. The van der Waals surface area contributed by atoms with Crippen LogP contribution < -0.4 is 10.9 Å². The van der Waals surface area contributed by atoms with Gasteiger partial charge in [-0.2, -0.15) is 0 Å². The van der Waals surface area contributed by atoms with Gasteiger partial charge in [0.25, 0.3) is 0 Å². The predicted molar refractivity (Wildman–Crippen MR) is 46.5 cm³/mol. The van der Waals surface area contributed by atoms with Crippen LogP contribution in [-0.2, 0) is 6.42 Å². The lowest BCUT2D eigenvalue weighted by Gasteiger charge is -1.94. The van der Waals surface area contributed by atoms with Crippen LogP contribution in [0.25, 0.3) is 0 Å². The van der Waals surface area contributed by atoms with Gasteiger partial charge in [-0.15, -0.1) is 12.4 Å². The first-order chi connectivity index (χ1) is 4.86. The van der Waals surface area contributed by atoms with E-state index in [1.807, 2.05) is 0 Å². The van der Waals surface area contributed by atoms with E-state index < -0.39 is 0 Å². The third-order valence-corrected chi connectivity index (χ3v) is 1.72. The molecule has 0 radical (unpaired) electrons. The summed E-state index contributed by atoms with van der Waals surface area (Å²) < 4.78 is 0. The van der Waals surface area contributed by atoms with Crippen LogP contribution in [0.5, 0.6) is 0 Å². The lowest BCUT2D eigenvalue weighted by atomic mass is 10.2. The highest BCUT2D eigenvalue weighted by atomic mass is 35.5. The first kappa shape index (κ1) is 8.14. The molecule has 0 saturated heterocycles. The molecule has 0 saturated carbocycles. The van der Waals surface area contributed by atoms with E-state index in [9.17, 15) is 4.79 Å². The number of halogens is 1. The molecule has 0 unspecified atom stereocenters. The second-order valence-electron chi connectivity index (χ2n) is 2.41. The summed E-state index contributed by atoms with van der Waals surface area (Å²) in [4.78, 5) is 13.4. The molecule has 0 fully saturated rings. The maximum absolute atomic E-state index is 10.7. The van der Waals surface area contributed by atoms with Crippen LogP contribution >= 0.6 is 12.4 Å². The van der Waals surface area contributed by atoms with Crippen molar-refractivity contribution >= 4 is 18.1 Å². The molecule has 1 aromatic heterocycles. The van der Waals surface area contributed by atoms with E-state index in [2.05, 4.69) is 10.3 Å². The zero-order valence-corrected chi connectivity index (χ0v) is 6.70. The molecule has 4 heteroatoms. The van der Waals surface area contributed by atoms with Crippen LogP contribution in [0, 0.1) is 0 Å². The third kappa shape index (κ3) is 1.38. The largest absolute Gasteiger partial charge is 0.384 e. The van der Waals surface area contributed by atoms with Crippen molar-refractivity contribution in [3.63, 3.8) is 0 Å². The molecule has 1 aliphatic rings. The van der Waals surface area contributed by atoms with E-state index >= 15 is 0 Å². The number of aromatic amines is 1. The Labute approximate surface area is 70.2 Å². The van der Waals surface area contributed by atoms with E-state index in [1.54, 1.807) is 12.3 Å². The standard InChI is InChI=1S/C7H8N2O.ClH/c10-7-3-6-5(4-9-7)1-2-8-6;/h3-4,8H,1-2H2,(H,9,10);1H. The Bertz CT molecular complexity index is 308. The van der Waals surface area contributed by atoms with Gasteiger partial charge in [0.15, 0.2) is 0 Å². The number of nitrogens with one attached hydrogen (secondary N) is 2. The molecule has 2 N–H and O–H groups in total. The quantitative estimate of drug-likeness (QED) is 0.607. The average Bonchev–Trinajstić information content (AvgIpc) is 2.33. The van der Waals surface area contributed by atoms with Gasteiger partial charge in [0.2, 0.25) is 5.56 Å². The molecule has 0 aromatic carbocycles. The van der Waals surface area contributed by atoms with Gasteiger partial charge < -0.3 is 10.3 Å². The zero-order chi connectivity index (χ0) is 6.97. The summed E-state index contributed by atoms with van der Waals surface area (Å²) >= 11 is 0. The van der Waals surface area contributed by atoms with Crippen molar-refractivity contribution in [3.8, 4) is 0 Å². The summed E-state index contributed by atoms with van der Waals surface area (Å²) in [6, 6.07) is 1.60. The lowest BCUT2D eigenvalue weighted by molar-refractivity contribution is 1.09. The van der Waals surface area contributed by atoms with Crippen LogP contribution in [0.2, 0.25) is 0 Å². The number of hydrogen-bond acceptors (Lipinski definition) is 2. The van der Waals surface area contributed by atoms with Gasteiger partial charge >= 0.3 is 0 Å². The fourth-order valence-electron chi connectivity index (χ4n) is 1.20. The fourth-order valence-corrected chi connectivity index (χ4v) is 1.20. The Morgan fingerprint density at radius 1 is 1.45 bits per heavy atom. The summed E-state index contributed by atoms with van der Waals surface area (Å²) in [5.41, 5.74) is 2.16. The molecule has 3 nitrogen and oxygen atoms in total. The van der Waals surface area contributed by atoms with Crippen molar-refractivity contribution in [2.75, 3.05) is 11.9 Å². The zero-order valence-electron chi connectivity index (χ0n) is 5.89. The smallest absolute Gasteiger partial charge is 0.249 e. The number of pyridine rings is 1. The molecule has 0 aliphatic carbocycles. The molecule has 0 bridgehead atoms. The first-order valence-corrected chi connectivity index (χ1v) is 3.32. The van der Waals surface area contributed by atoms with Gasteiger partial charge in [0.05, 0.1) is 0 Å². The minimum atomic E-state index is -0.0341. The third-order valence-electron chi connectivity index (χ3n) is 1.72. The van der Waals surface area contributed by atoms with E-state index in [4.69, 9.17) is 0 Å². The van der Waals surface area contributed by atoms with Gasteiger partial charge in [-0.25, -0.2) is 0 Å². The minimum Gasteiger partial charge on any atom is -0.384 e. The van der Waals surface area contributed by atoms with Gasteiger partial charge in [0.1, 0.15) is 0 Å². The summed E-state index contributed by atoms with van der Waals surface area (Å²) in [5.74, 6) is 0.